The Kier molecular flexibility index (Phi) is 4.86. The van der Waals surface area contributed by atoms with Gasteiger partial charge in [0.1, 0.15) is 0 Å². The molecule has 1 aromatic carbocycles. The van der Waals surface area contributed by atoms with Crippen LogP contribution in [-0.4, -0.2) is 5.11 Å². The molecule has 2 rings (SSSR count). The Hall–Kier alpha value is -0.0900. The quantitative estimate of drug-likeness (QED) is 0.614. The minimum absolute atomic E-state index is 0.264. The number of aliphatic hydroxyl groups excluding tert-OH is 1. The number of benzene rings is 1. The molecule has 2 heteroatoms. The van der Waals surface area contributed by atoms with E-state index in [1.807, 2.05) is 0 Å². The molecule has 1 fully saturated rings. The molecule has 1 aromatic rings. The van der Waals surface area contributed by atoms with Gasteiger partial charge in [-0.05, 0) is 59.4 Å². The minimum atomic E-state index is -0.264. The Bertz CT molecular complexity index is 367. The molecular weight excluding hydrogens is 323 g/mol. The van der Waals surface area contributed by atoms with Crippen LogP contribution in [0.2, 0.25) is 0 Å². The average Bonchev–Trinajstić information content (AvgIpc) is 2.60. The molecule has 1 N–H and O–H groups in total. The standard InChI is InChI=1S/C15H21IO/c1-11-7-6-10-13(14(11)16)15(17)12-8-4-2-3-5-9-12/h6-7,10,12,15,17H,2-5,8-9H2,1H3. The molecule has 0 spiro atoms. The number of halogens is 1. The van der Waals surface area contributed by atoms with Gasteiger partial charge in [0.25, 0.3) is 0 Å². The van der Waals surface area contributed by atoms with Crippen LogP contribution in [-0.2, 0) is 0 Å². The molecule has 0 saturated heterocycles. The average molecular weight is 344 g/mol. The van der Waals surface area contributed by atoms with Crippen molar-refractivity contribution in [3.05, 3.63) is 32.9 Å². The lowest BCUT2D eigenvalue weighted by molar-refractivity contribution is 0.0980. The highest BCUT2D eigenvalue weighted by Gasteiger charge is 2.23. The topological polar surface area (TPSA) is 20.2 Å². The molecule has 1 saturated carbocycles. The molecule has 94 valence electrons. The van der Waals surface area contributed by atoms with Crippen molar-refractivity contribution in [3.8, 4) is 0 Å². The highest BCUT2D eigenvalue weighted by atomic mass is 127. The molecular formula is C15H21IO. The summed E-state index contributed by atoms with van der Waals surface area (Å²) in [7, 11) is 0. The van der Waals surface area contributed by atoms with E-state index in [9.17, 15) is 5.11 Å². The second kappa shape index (κ2) is 6.19. The van der Waals surface area contributed by atoms with Crippen molar-refractivity contribution in [2.24, 2.45) is 5.92 Å². The molecule has 0 aliphatic heterocycles. The van der Waals surface area contributed by atoms with Gasteiger partial charge >= 0.3 is 0 Å². The first-order valence-electron chi connectivity index (χ1n) is 6.63. The summed E-state index contributed by atoms with van der Waals surface area (Å²) >= 11 is 2.37. The first kappa shape index (κ1) is 13.3. The van der Waals surface area contributed by atoms with Gasteiger partial charge in [-0.15, -0.1) is 0 Å². The predicted octanol–water partition coefficient (Wildman–Crippen LogP) is 4.60. The normalized spacial score (nSPS) is 19.9. The first-order chi connectivity index (χ1) is 8.20. The summed E-state index contributed by atoms with van der Waals surface area (Å²) < 4.78 is 1.24. The largest absolute Gasteiger partial charge is 0.388 e. The van der Waals surface area contributed by atoms with Gasteiger partial charge in [-0.3, -0.25) is 0 Å². The van der Waals surface area contributed by atoms with Gasteiger partial charge in [-0.1, -0.05) is 43.9 Å². The maximum atomic E-state index is 10.6. The van der Waals surface area contributed by atoms with Gasteiger partial charge in [0.2, 0.25) is 0 Å². The molecule has 1 atom stereocenters. The Balaban J connectivity index is 2.17. The molecule has 0 aromatic heterocycles. The highest BCUT2D eigenvalue weighted by Crippen LogP contribution is 2.35. The van der Waals surface area contributed by atoms with Crippen LogP contribution in [0.25, 0.3) is 0 Å². The van der Waals surface area contributed by atoms with E-state index in [0.717, 1.165) is 5.56 Å². The fourth-order valence-corrected chi connectivity index (χ4v) is 3.46. The van der Waals surface area contributed by atoms with E-state index in [1.165, 1.54) is 47.7 Å². The van der Waals surface area contributed by atoms with E-state index in [-0.39, 0.29) is 6.10 Å². The van der Waals surface area contributed by atoms with Crippen molar-refractivity contribution in [1.29, 1.82) is 0 Å². The third-order valence-corrected chi connectivity index (χ3v) is 5.36. The van der Waals surface area contributed by atoms with Crippen molar-refractivity contribution in [3.63, 3.8) is 0 Å². The van der Waals surface area contributed by atoms with E-state index in [4.69, 9.17) is 0 Å². The fourth-order valence-electron chi connectivity index (χ4n) is 2.78. The lowest BCUT2D eigenvalue weighted by Gasteiger charge is -2.23. The van der Waals surface area contributed by atoms with Crippen molar-refractivity contribution < 1.29 is 5.11 Å². The SMILES string of the molecule is Cc1cccc(C(O)C2CCCCCC2)c1I. The number of hydrogen-bond donors (Lipinski definition) is 1. The van der Waals surface area contributed by atoms with Crippen LogP contribution >= 0.6 is 22.6 Å². The lowest BCUT2D eigenvalue weighted by Crippen LogP contribution is -2.13. The molecule has 0 amide bonds. The van der Waals surface area contributed by atoms with Crippen LogP contribution in [0.5, 0.6) is 0 Å². The van der Waals surface area contributed by atoms with Crippen molar-refractivity contribution >= 4 is 22.6 Å². The molecule has 1 aliphatic rings. The summed E-state index contributed by atoms with van der Waals surface area (Å²) in [6.45, 7) is 2.12. The van der Waals surface area contributed by atoms with E-state index in [0.29, 0.717) is 5.92 Å². The van der Waals surface area contributed by atoms with Crippen molar-refractivity contribution in [1.82, 2.24) is 0 Å². The van der Waals surface area contributed by atoms with Gasteiger partial charge in [-0.25, -0.2) is 0 Å². The van der Waals surface area contributed by atoms with Crippen LogP contribution in [0.4, 0.5) is 0 Å². The highest BCUT2D eigenvalue weighted by molar-refractivity contribution is 14.1. The van der Waals surface area contributed by atoms with Gasteiger partial charge in [0.15, 0.2) is 0 Å². The molecule has 0 heterocycles. The zero-order valence-electron chi connectivity index (χ0n) is 10.5. The van der Waals surface area contributed by atoms with Crippen LogP contribution in [0.15, 0.2) is 18.2 Å². The third kappa shape index (κ3) is 3.22. The number of rotatable bonds is 2. The molecule has 1 aliphatic carbocycles. The smallest absolute Gasteiger partial charge is 0.0828 e. The van der Waals surface area contributed by atoms with Crippen LogP contribution in [0.1, 0.15) is 55.8 Å². The predicted molar refractivity (Wildman–Crippen MR) is 80.0 cm³/mol. The van der Waals surface area contributed by atoms with E-state index in [1.54, 1.807) is 0 Å². The Labute approximate surface area is 118 Å². The van der Waals surface area contributed by atoms with Crippen LogP contribution in [0.3, 0.4) is 0 Å². The zero-order chi connectivity index (χ0) is 12.3. The van der Waals surface area contributed by atoms with Gasteiger partial charge in [-0.2, -0.15) is 0 Å². The Morgan fingerprint density at radius 3 is 2.47 bits per heavy atom. The summed E-state index contributed by atoms with van der Waals surface area (Å²) in [5.41, 5.74) is 2.41. The summed E-state index contributed by atoms with van der Waals surface area (Å²) in [6.07, 6.45) is 7.35. The third-order valence-electron chi connectivity index (χ3n) is 3.89. The Morgan fingerprint density at radius 2 is 1.82 bits per heavy atom. The van der Waals surface area contributed by atoms with E-state index in [2.05, 4.69) is 47.7 Å². The van der Waals surface area contributed by atoms with Crippen molar-refractivity contribution in [2.45, 2.75) is 51.6 Å². The van der Waals surface area contributed by atoms with Gasteiger partial charge < -0.3 is 5.11 Å². The maximum absolute atomic E-state index is 10.6. The Morgan fingerprint density at radius 1 is 1.18 bits per heavy atom. The van der Waals surface area contributed by atoms with Crippen LogP contribution in [0, 0.1) is 16.4 Å². The van der Waals surface area contributed by atoms with E-state index < -0.39 is 0 Å². The number of aliphatic hydroxyl groups is 1. The number of hydrogen-bond acceptors (Lipinski definition) is 1. The zero-order valence-corrected chi connectivity index (χ0v) is 12.6. The lowest BCUT2D eigenvalue weighted by atomic mass is 9.89. The first-order valence-corrected chi connectivity index (χ1v) is 7.71. The fraction of sp³-hybridized carbons (Fsp3) is 0.600. The molecule has 17 heavy (non-hydrogen) atoms. The summed E-state index contributed by atoms with van der Waals surface area (Å²) in [4.78, 5) is 0. The molecule has 1 unspecified atom stereocenters. The number of aryl methyl sites for hydroxylation is 1. The molecule has 1 nitrogen and oxygen atoms in total. The minimum Gasteiger partial charge on any atom is -0.388 e. The monoisotopic (exact) mass is 344 g/mol. The maximum Gasteiger partial charge on any atom is 0.0828 e. The van der Waals surface area contributed by atoms with Gasteiger partial charge in [0.05, 0.1) is 6.10 Å². The molecule has 0 radical (unpaired) electrons. The van der Waals surface area contributed by atoms with Crippen LogP contribution < -0.4 is 0 Å². The van der Waals surface area contributed by atoms with Gasteiger partial charge in [0, 0.05) is 3.57 Å². The summed E-state index contributed by atoms with van der Waals surface area (Å²) in [5, 5.41) is 10.6. The summed E-state index contributed by atoms with van der Waals surface area (Å²) in [6, 6.07) is 6.27. The summed E-state index contributed by atoms with van der Waals surface area (Å²) in [5.74, 6) is 0.466. The molecule has 0 bridgehead atoms. The second-order valence-electron chi connectivity index (χ2n) is 5.17. The van der Waals surface area contributed by atoms with Crippen molar-refractivity contribution in [2.75, 3.05) is 0 Å². The van der Waals surface area contributed by atoms with E-state index >= 15 is 0 Å². The second-order valence-corrected chi connectivity index (χ2v) is 6.25.